The van der Waals surface area contributed by atoms with Gasteiger partial charge in [-0.1, -0.05) is 13.8 Å². The molecule has 1 aromatic heterocycles. The number of hydrogen-bond acceptors (Lipinski definition) is 3. The Labute approximate surface area is 104 Å². The molecule has 0 saturated carbocycles. The molecule has 0 aliphatic heterocycles. The average molecular weight is 236 g/mol. The molecular weight excluding hydrogens is 212 g/mol. The van der Waals surface area contributed by atoms with E-state index in [0.717, 1.165) is 23.6 Å². The van der Waals surface area contributed by atoms with Gasteiger partial charge in [-0.25, -0.2) is 4.98 Å². The second-order valence-electron chi connectivity index (χ2n) is 4.95. The summed E-state index contributed by atoms with van der Waals surface area (Å²) in [5.41, 5.74) is 1.99. The zero-order valence-electron chi connectivity index (χ0n) is 11.6. The van der Waals surface area contributed by atoms with E-state index < -0.39 is 0 Å². The van der Waals surface area contributed by atoms with E-state index in [1.165, 1.54) is 0 Å². The minimum atomic E-state index is 0.0743. The molecule has 1 rings (SSSR count). The fourth-order valence-corrected chi connectivity index (χ4v) is 1.92. The molecule has 0 aromatic carbocycles. The van der Waals surface area contributed by atoms with Crippen LogP contribution in [0.2, 0.25) is 0 Å². The molecule has 1 heterocycles. The fourth-order valence-electron chi connectivity index (χ4n) is 1.92. The minimum Gasteiger partial charge on any atom is -0.392 e. The maximum atomic E-state index is 9.32. The highest BCUT2D eigenvalue weighted by atomic mass is 16.3. The predicted molar refractivity (Wildman–Crippen MR) is 72.4 cm³/mol. The van der Waals surface area contributed by atoms with Gasteiger partial charge in [0, 0.05) is 18.3 Å². The first-order valence-corrected chi connectivity index (χ1v) is 6.37. The van der Waals surface area contributed by atoms with Crippen molar-refractivity contribution in [3.8, 4) is 0 Å². The Morgan fingerprint density at radius 3 is 2.29 bits per heavy atom. The summed E-state index contributed by atoms with van der Waals surface area (Å²) in [6, 6.07) is 4.39. The normalized spacial score (nSPS) is 11.3. The highest BCUT2D eigenvalue weighted by Gasteiger charge is 2.13. The van der Waals surface area contributed by atoms with Crippen LogP contribution in [0.3, 0.4) is 0 Å². The molecule has 0 aliphatic carbocycles. The molecule has 0 spiro atoms. The van der Waals surface area contributed by atoms with Crippen LogP contribution in [0, 0.1) is 0 Å². The highest BCUT2D eigenvalue weighted by molar-refractivity contribution is 5.43. The smallest absolute Gasteiger partial charge is 0.129 e. The molecule has 3 heteroatoms. The Kier molecular flexibility index (Phi) is 4.94. The quantitative estimate of drug-likeness (QED) is 0.854. The van der Waals surface area contributed by atoms with Gasteiger partial charge >= 0.3 is 0 Å². The van der Waals surface area contributed by atoms with Crippen molar-refractivity contribution in [2.75, 3.05) is 11.4 Å². The van der Waals surface area contributed by atoms with Crippen molar-refractivity contribution in [3.05, 3.63) is 23.4 Å². The summed E-state index contributed by atoms with van der Waals surface area (Å²) in [5, 5.41) is 9.32. The number of nitrogens with zero attached hydrogens (tertiary/aromatic N) is 2. The zero-order valence-corrected chi connectivity index (χ0v) is 11.6. The SMILES string of the molecule is CCN(c1cc(CO)cc(C(C)C)n1)C(C)C. The lowest BCUT2D eigenvalue weighted by Gasteiger charge is -2.27. The number of aliphatic hydroxyl groups excluding tert-OH is 1. The van der Waals surface area contributed by atoms with E-state index in [1.807, 2.05) is 12.1 Å². The molecule has 1 aromatic rings. The number of pyridine rings is 1. The summed E-state index contributed by atoms with van der Waals surface area (Å²) < 4.78 is 0. The van der Waals surface area contributed by atoms with E-state index in [2.05, 4.69) is 44.5 Å². The van der Waals surface area contributed by atoms with Crippen molar-refractivity contribution in [1.29, 1.82) is 0 Å². The van der Waals surface area contributed by atoms with Crippen LogP contribution in [0.4, 0.5) is 5.82 Å². The maximum absolute atomic E-state index is 9.32. The van der Waals surface area contributed by atoms with Crippen LogP contribution in [0.25, 0.3) is 0 Å². The summed E-state index contributed by atoms with van der Waals surface area (Å²) in [6.07, 6.45) is 0. The van der Waals surface area contributed by atoms with Crippen LogP contribution < -0.4 is 4.90 Å². The first-order chi connectivity index (χ1) is 7.99. The third kappa shape index (κ3) is 3.43. The van der Waals surface area contributed by atoms with Gasteiger partial charge in [-0.15, -0.1) is 0 Å². The number of hydrogen-bond donors (Lipinski definition) is 1. The third-order valence-corrected chi connectivity index (χ3v) is 2.92. The van der Waals surface area contributed by atoms with Gasteiger partial charge in [0.25, 0.3) is 0 Å². The molecule has 0 saturated heterocycles. The maximum Gasteiger partial charge on any atom is 0.129 e. The van der Waals surface area contributed by atoms with Crippen LogP contribution in [0.15, 0.2) is 12.1 Å². The standard InChI is InChI=1S/C14H24N2O/c1-6-16(11(4)5)14-8-12(9-17)7-13(15-14)10(2)3/h7-8,10-11,17H,6,9H2,1-5H3. The van der Waals surface area contributed by atoms with Crippen LogP contribution >= 0.6 is 0 Å². The van der Waals surface area contributed by atoms with Gasteiger partial charge in [-0.3, -0.25) is 0 Å². The van der Waals surface area contributed by atoms with Crippen molar-refractivity contribution in [1.82, 2.24) is 4.98 Å². The van der Waals surface area contributed by atoms with E-state index >= 15 is 0 Å². The molecule has 0 atom stereocenters. The number of rotatable bonds is 5. The lowest BCUT2D eigenvalue weighted by Crippen LogP contribution is -2.31. The Bertz CT molecular complexity index is 361. The van der Waals surface area contributed by atoms with Crippen molar-refractivity contribution in [2.24, 2.45) is 0 Å². The number of aliphatic hydroxyl groups is 1. The fraction of sp³-hybridized carbons (Fsp3) is 0.643. The summed E-state index contributed by atoms with van der Waals surface area (Å²) >= 11 is 0. The van der Waals surface area contributed by atoms with Gasteiger partial charge in [-0.05, 0) is 44.4 Å². The lowest BCUT2D eigenvalue weighted by molar-refractivity contribution is 0.281. The average Bonchev–Trinajstić information content (AvgIpc) is 2.28. The third-order valence-electron chi connectivity index (χ3n) is 2.92. The molecule has 96 valence electrons. The van der Waals surface area contributed by atoms with Gasteiger partial charge in [0.1, 0.15) is 5.82 Å². The zero-order chi connectivity index (χ0) is 13.0. The molecule has 3 nitrogen and oxygen atoms in total. The Morgan fingerprint density at radius 2 is 1.88 bits per heavy atom. The summed E-state index contributed by atoms with van der Waals surface area (Å²) in [4.78, 5) is 6.93. The van der Waals surface area contributed by atoms with Crippen LogP contribution in [-0.2, 0) is 6.61 Å². The van der Waals surface area contributed by atoms with Gasteiger partial charge in [0.15, 0.2) is 0 Å². The van der Waals surface area contributed by atoms with Crippen LogP contribution in [0.5, 0.6) is 0 Å². The van der Waals surface area contributed by atoms with Crippen LogP contribution in [-0.4, -0.2) is 22.7 Å². The number of anilines is 1. The van der Waals surface area contributed by atoms with Gasteiger partial charge in [0.2, 0.25) is 0 Å². The monoisotopic (exact) mass is 236 g/mol. The number of aromatic nitrogens is 1. The molecule has 1 N–H and O–H groups in total. The van der Waals surface area contributed by atoms with E-state index in [1.54, 1.807) is 0 Å². The second kappa shape index (κ2) is 6.01. The Hall–Kier alpha value is -1.09. The van der Waals surface area contributed by atoms with Gasteiger partial charge in [-0.2, -0.15) is 0 Å². The summed E-state index contributed by atoms with van der Waals surface area (Å²) in [7, 11) is 0. The lowest BCUT2D eigenvalue weighted by atomic mass is 10.1. The molecule has 0 aliphatic rings. The summed E-state index contributed by atoms with van der Waals surface area (Å²) in [5.74, 6) is 1.35. The Morgan fingerprint density at radius 1 is 1.24 bits per heavy atom. The van der Waals surface area contributed by atoms with Gasteiger partial charge < -0.3 is 10.0 Å². The van der Waals surface area contributed by atoms with Crippen molar-refractivity contribution < 1.29 is 5.11 Å². The molecular formula is C14H24N2O. The highest BCUT2D eigenvalue weighted by Crippen LogP contribution is 2.21. The van der Waals surface area contributed by atoms with Crippen molar-refractivity contribution >= 4 is 5.82 Å². The first kappa shape index (κ1) is 14.0. The first-order valence-electron chi connectivity index (χ1n) is 6.37. The Balaban J connectivity index is 3.17. The van der Waals surface area contributed by atoms with E-state index in [9.17, 15) is 5.11 Å². The second-order valence-corrected chi connectivity index (χ2v) is 4.95. The predicted octanol–water partition coefficient (Wildman–Crippen LogP) is 2.93. The van der Waals surface area contributed by atoms with Crippen molar-refractivity contribution in [3.63, 3.8) is 0 Å². The van der Waals surface area contributed by atoms with Crippen LogP contribution in [0.1, 0.15) is 51.8 Å². The molecule has 17 heavy (non-hydrogen) atoms. The molecule has 0 bridgehead atoms. The van der Waals surface area contributed by atoms with E-state index in [-0.39, 0.29) is 6.61 Å². The van der Waals surface area contributed by atoms with Gasteiger partial charge in [0.05, 0.1) is 6.61 Å². The van der Waals surface area contributed by atoms with Crippen molar-refractivity contribution in [2.45, 2.75) is 53.2 Å². The molecule has 0 amide bonds. The molecule has 0 radical (unpaired) electrons. The van der Waals surface area contributed by atoms with E-state index in [4.69, 9.17) is 0 Å². The minimum absolute atomic E-state index is 0.0743. The molecule has 0 unspecified atom stereocenters. The molecule has 0 fully saturated rings. The van der Waals surface area contributed by atoms with E-state index in [0.29, 0.717) is 12.0 Å². The summed E-state index contributed by atoms with van der Waals surface area (Å²) in [6.45, 7) is 11.7. The largest absolute Gasteiger partial charge is 0.392 e. The topological polar surface area (TPSA) is 36.4 Å².